The molecule has 0 radical (unpaired) electrons. The molecule has 1 fully saturated rings. The molecule has 2 amide bonds. The fourth-order valence-corrected chi connectivity index (χ4v) is 3.41. The van der Waals surface area contributed by atoms with Gasteiger partial charge in [0.15, 0.2) is 0 Å². The predicted molar refractivity (Wildman–Crippen MR) is 87.0 cm³/mol. The fraction of sp³-hybridized carbons (Fsp3) is 0.556. The van der Waals surface area contributed by atoms with E-state index in [2.05, 4.69) is 5.32 Å². The number of benzene rings is 1. The minimum absolute atomic E-state index is 0.0597. The van der Waals surface area contributed by atoms with Crippen molar-refractivity contribution in [3.05, 3.63) is 35.4 Å². The van der Waals surface area contributed by atoms with Gasteiger partial charge in [-0.15, -0.1) is 0 Å². The van der Waals surface area contributed by atoms with Gasteiger partial charge in [0.2, 0.25) is 5.91 Å². The minimum atomic E-state index is -0.471. The van der Waals surface area contributed by atoms with E-state index in [1.54, 1.807) is 11.8 Å². The maximum atomic E-state index is 12.6. The van der Waals surface area contributed by atoms with E-state index >= 15 is 0 Å². The monoisotopic (exact) mass is 316 g/mol. The molecule has 0 saturated carbocycles. The fourth-order valence-electron chi connectivity index (χ4n) is 3.41. The molecule has 0 aromatic heterocycles. The topological polar surface area (TPSA) is 58.6 Å². The largest absolute Gasteiger partial charge is 0.375 e. The summed E-state index contributed by atoms with van der Waals surface area (Å²) in [6.45, 7) is 7.03. The summed E-state index contributed by atoms with van der Waals surface area (Å²) in [6, 6.07) is 7.18. The first-order valence-corrected chi connectivity index (χ1v) is 8.20. The summed E-state index contributed by atoms with van der Waals surface area (Å²) in [7, 11) is 0. The van der Waals surface area contributed by atoms with Gasteiger partial charge in [-0.2, -0.15) is 0 Å². The third-order valence-electron chi connectivity index (χ3n) is 4.74. The molecule has 2 aliphatic heterocycles. The second kappa shape index (κ2) is 5.96. The lowest BCUT2D eigenvalue weighted by Crippen LogP contribution is -2.51. The van der Waals surface area contributed by atoms with Crippen molar-refractivity contribution in [1.29, 1.82) is 0 Å². The van der Waals surface area contributed by atoms with Gasteiger partial charge in [0, 0.05) is 24.8 Å². The van der Waals surface area contributed by atoms with Gasteiger partial charge in [0.25, 0.3) is 5.91 Å². The van der Waals surface area contributed by atoms with Gasteiger partial charge in [0.1, 0.15) is 6.04 Å². The van der Waals surface area contributed by atoms with Crippen LogP contribution in [0.25, 0.3) is 0 Å². The standard InChI is InChI=1S/C18H24N2O3/c1-12(16(21)19-14-8-9-23-18(2,3)10-14)20-11-13-6-4-5-7-15(13)17(20)22/h4-7,12,14H,8-11H2,1-3H3,(H,19,21)/t12-,14?/m0/s1. The molecule has 1 unspecified atom stereocenters. The van der Waals surface area contributed by atoms with Crippen LogP contribution < -0.4 is 5.32 Å². The Morgan fingerprint density at radius 1 is 1.39 bits per heavy atom. The molecule has 3 rings (SSSR count). The second-order valence-electron chi connectivity index (χ2n) is 7.07. The Morgan fingerprint density at radius 2 is 2.13 bits per heavy atom. The van der Waals surface area contributed by atoms with Crippen LogP contribution in [0.4, 0.5) is 0 Å². The number of nitrogens with one attached hydrogen (secondary N) is 1. The van der Waals surface area contributed by atoms with E-state index < -0.39 is 6.04 Å². The van der Waals surface area contributed by atoms with E-state index in [1.165, 1.54) is 0 Å². The lowest BCUT2D eigenvalue weighted by molar-refractivity contribution is -0.128. The number of hydrogen-bond donors (Lipinski definition) is 1. The molecule has 0 spiro atoms. The average molecular weight is 316 g/mol. The summed E-state index contributed by atoms with van der Waals surface area (Å²) < 4.78 is 5.68. The highest BCUT2D eigenvalue weighted by Crippen LogP contribution is 2.26. The van der Waals surface area contributed by atoms with Crippen LogP contribution in [0.5, 0.6) is 0 Å². The highest BCUT2D eigenvalue weighted by atomic mass is 16.5. The highest BCUT2D eigenvalue weighted by Gasteiger charge is 2.35. The molecule has 124 valence electrons. The Hall–Kier alpha value is -1.88. The summed E-state index contributed by atoms with van der Waals surface area (Å²) in [5.74, 6) is -0.149. The van der Waals surface area contributed by atoms with Crippen molar-refractivity contribution in [3.63, 3.8) is 0 Å². The van der Waals surface area contributed by atoms with Gasteiger partial charge >= 0.3 is 0 Å². The molecule has 23 heavy (non-hydrogen) atoms. The number of rotatable bonds is 3. The number of hydrogen-bond acceptors (Lipinski definition) is 3. The third-order valence-corrected chi connectivity index (χ3v) is 4.74. The summed E-state index contributed by atoms with van der Waals surface area (Å²) in [4.78, 5) is 26.7. The molecule has 1 saturated heterocycles. The zero-order valence-corrected chi connectivity index (χ0v) is 14.0. The predicted octanol–water partition coefficient (Wildman–Crippen LogP) is 2.10. The normalized spacial score (nSPS) is 24.2. The van der Waals surface area contributed by atoms with Crippen molar-refractivity contribution in [2.75, 3.05) is 6.61 Å². The lowest BCUT2D eigenvalue weighted by atomic mass is 9.94. The van der Waals surface area contributed by atoms with Crippen molar-refractivity contribution in [1.82, 2.24) is 10.2 Å². The van der Waals surface area contributed by atoms with E-state index in [9.17, 15) is 9.59 Å². The molecule has 2 atom stereocenters. The van der Waals surface area contributed by atoms with Crippen LogP contribution >= 0.6 is 0 Å². The van der Waals surface area contributed by atoms with Gasteiger partial charge in [-0.1, -0.05) is 18.2 Å². The van der Waals surface area contributed by atoms with Crippen molar-refractivity contribution >= 4 is 11.8 Å². The van der Waals surface area contributed by atoms with Crippen LogP contribution in [0.15, 0.2) is 24.3 Å². The third kappa shape index (κ3) is 3.24. The molecule has 5 nitrogen and oxygen atoms in total. The van der Waals surface area contributed by atoms with E-state index in [0.717, 1.165) is 18.4 Å². The SMILES string of the molecule is C[C@@H](C(=O)NC1CCOC(C)(C)C1)N1Cc2ccccc2C1=O. The number of amides is 2. The molecular formula is C18H24N2O3. The van der Waals surface area contributed by atoms with Gasteiger partial charge < -0.3 is 15.0 Å². The quantitative estimate of drug-likeness (QED) is 0.929. The van der Waals surface area contributed by atoms with Gasteiger partial charge in [-0.3, -0.25) is 9.59 Å². The average Bonchev–Trinajstić information content (AvgIpc) is 2.83. The van der Waals surface area contributed by atoms with Crippen LogP contribution in [-0.4, -0.2) is 41.0 Å². The van der Waals surface area contributed by atoms with E-state index in [1.807, 2.05) is 38.1 Å². The zero-order chi connectivity index (χ0) is 16.6. The zero-order valence-electron chi connectivity index (χ0n) is 14.0. The smallest absolute Gasteiger partial charge is 0.255 e. The number of carbonyl (C=O) groups is 2. The Kier molecular flexibility index (Phi) is 4.15. The molecular weight excluding hydrogens is 292 g/mol. The molecule has 0 aliphatic carbocycles. The van der Waals surface area contributed by atoms with Crippen LogP contribution in [0.2, 0.25) is 0 Å². The molecule has 2 aliphatic rings. The molecule has 1 aromatic carbocycles. The van der Waals surface area contributed by atoms with Crippen molar-refractivity contribution in [2.24, 2.45) is 0 Å². The molecule has 5 heteroatoms. The van der Waals surface area contributed by atoms with Crippen molar-refractivity contribution in [3.8, 4) is 0 Å². The Labute approximate surface area is 137 Å². The Bertz CT molecular complexity index is 626. The number of carbonyl (C=O) groups excluding carboxylic acids is 2. The molecule has 0 bridgehead atoms. The van der Waals surface area contributed by atoms with E-state index in [-0.39, 0.29) is 23.5 Å². The molecule has 1 aromatic rings. The maximum Gasteiger partial charge on any atom is 0.255 e. The number of nitrogens with zero attached hydrogens (tertiary/aromatic N) is 1. The summed E-state index contributed by atoms with van der Waals surface area (Å²) in [5, 5.41) is 3.09. The van der Waals surface area contributed by atoms with Crippen molar-refractivity contribution in [2.45, 2.75) is 57.8 Å². The van der Waals surface area contributed by atoms with Crippen LogP contribution in [0, 0.1) is 0 Å². The van der Waals surface area contributed by atoms with Gasteiger partial charge in [-0.05, 0) is 45.2 Å². The molecule has 2 heterocycles. The summed E-state index contributed by atoms with van der Waals surface area (Å²) in [5.41, 5.74) is 1.49. The van der Waals surface area contributed by atoms with Crippen LogP contribution in [0.1, 0.15) is 49.5 Å². The minimum Gasteiger partial charge on any atom is -0.375 e. The Morgan fingerprint density at radius 3 is 2.83 bits per heavy atom. The molecule has 1 N–H and O–H groups in total. The van der Waals surface area contributed by atoms with E-state index in [4.69, 9.17) is 4.74 Å². The number of ether oxygens (including phenoxy) is 1. The maximum absolute atomic E-state index is 12.6. The van der Waals surface area contributed by atoms with Crippen LogP contribution in [0.3, 0.4) is 0 Å². The first-order chi connectivity index (χ1) is 10.9. The van der Waals surface area contributed by atoms with Gasteiger partial charge in [-0.25, -0.2) is 0 Å². The summed E-state index contributed by atoms with van der Waals surface area (Å²) in [6.07, 6.45) is 1.61. The van der Waals surface area contributed by atoms with Gasteiger partial charge in [0.05, 0.1) is 5.60 Å². The second-order valence-corrected chi connectivity index (χ2v) is 7.07. The summed E-state index contributed by atoms with van der Waals surface area (Å²) >= 11 is 0. The van der Waals surface area contributed by atoms with Crippen molar-refractivity contribution < 1.29 is 14.3 Å². The Balaban J connectivity index is 1.64. The number of fused-ring (bicyclic) bond motifs is 1. The first kappa shape index (κ1) is 16.0. The van der Waals surface area contributed by atoms with Crippen LogP contribution in [-0.2, 0) is 16.1 Å². The van der Waals surface area contributed by atoms with E-state index in [0.29, 0.717) is 18.7 Å². The first-order valence-electron chi connectivity index (χ1n) is 8.20. The highest BCUT2D eigenvalue weighted by molar-refractivity contribution is 6.01. The lowest BCUT2D eigenvalue weighted by Gasteiger charge is -2.36.